The predicted molar refractivity (Wildman–Crippen MR) is 82.1 cm³/mol. The minimum Gasteiger partial charge on any atom is -0.487 e. The van der Waals surface area contributed by atoms with Gasteiger partial charge in [0.15, 0.2) is 0 Å². The minimum atomic E-state index is -0.183. The summed E-state index contributed by atoms with van der Waals surface area (Å²) in [5.74, 6) is 1.00. The maximum atomic E-state index is 6.20. The molecule has 0 amide bonds. The molecule has 0 aromatic heterocycles. The van der Waals surface area contributed by atoms with Crippen molar-refractivity contribution in [3.8, 4) is 5.75 Å². The molecule has 2 rings (SSSR count). The van der Waals surface area contributed by atoms with Gasteiger partial charge in [0.25, 0.3) is 0 Å². The van der Waals surface area contributed by atoms with Gasteiger partial charge in [0, 0.05) is 12.0 Å². The molecule has 0 spiro atoms. The molecule has 1 atom stereocenters. The molecule has 20 heavy (non-hydrogen) atoms. The summed E-state index contributed by atoms with van der Waals surface area (Å²) in [6.45, 7) is 13.1. The van der Waals surface area contributed by atoms with Gasteiger partial charge in [-0.1, -0.05) is 26.8 Å². The molecule has 3 heteroatoms. The number of nitrogens with one attached hydrogen (secondary N) is 1. The molecule has 1 aromatic carbocycles. The van der Waals surface area contributed by atoms with Crippen molar-refractivity contribution in [1.29, 1.82) is 0 Å². The molecule has 0 bridgehead atoms. The van der Waals surface area contributed by atoms with Crippen molar-refractivity contribution >= 4 is 0 Å². The van der Waals surface area contributed by atoms with Gasteiger partial charge in [0.1, 0.15) is 11.4 Å². The van der Waals surface area contributed by atoms with Gasteiger partial charge in [-0.3, -0.25) is 0 Å². The average molecular weight is 277 g/mol. The molecule has 0 radical (unpaired) electrons. The summed E-state index contributed by atoms with van der Waals surface area (Å²) in [6, 6.07) is 4.66. The zero-order valence-corrected chi connectivity index (χ0v) is 13.8. The molecule has 1 aromatic rings. The highest BCUT2D eigenvalue weighted by Crippen LogP contribution is 2.43. The molecule has 1 aliphatic rings. The van der Waals surface area contributed by atoms with Crippen molar-refractivity contribution in [2.75, 3.05) is 7.11 Å². The molecular weight excluding hydrogens is 250 g/mol. The Balaban J connectivity index is 2.54. The third kappa shape index (κ3) is 2.99. The zero-order valence-electron chi connectivity index (χ0n) is 13.8. The molecule has 1 N–H and O–H groups in total. The first kappa shape index (κ1) is 15.3. The van der Waals surface area contributed by atoms with E-state index in [0.29, 0.717) is 0 Å². The third-order valence-corrected chi connectivity index (χ3v) is 3.88. The summed E-state index contributed by atoms with van der Waals surface area (Å²) in [7, 11) is 1.67. The van der Waals surface area contributed by atoms with Crippen LogP contribution in [0.4, 0.5) is 0 Å². The molecule has 0 fully saturated rings. The number of hydrogen-bond donors (Lipinski definition) is 1. The Morgan fingerprint density at radius 3 is 2.50 bits per heavy atom. The minimum absolute atomic E-state index is 0.129. The molecule has 1 heterocycles. The number of fused-ring (bicyclic) bond motifs is 1. The van der Waals surface area contributed by atoms with E-state index in [9.17, 15) is 0 Å². The van der Waals surface area contributed by atoms with Crippen LogP contribution < -0.4 is 10.2 Å². The molecule has 0 saturated heterocycles. The second kappa shape index (κ2) is 5.05. The van der Waals surface area contributed by atoms with Crippen LogP contribution in [0.5, 0.6) is 5.75 Å². The van der Waals surface area contributed by atoms with Gasteiger partial charge in [-0.05, 0) is 43.4 Å². The van der Waals surface area contributed by atoms with Crippen molar-refractivity contribution in [3.05, 3.63) is 28.8 Å². The lowest BCUT2D eigenvalue weighted by molar-refractivity contribution is 0.00250. The number of aryl methyl sites for hydroxylation is 1. The van der Waals surface area contributed by atoms with Gasteiger partial charge in [-0.15, -0.1) is 0 Å². The highest BCUT2D eigenvalue weighted by atomic mass is 16.6. The summed E-state index contributed by atoms with van der Waals surface area (Å²) in [6.07, 6.45) is 0.890. The summed E-state index contributed by atoms with van der Waals surface area (Å²) >= 11 is 0. The molecule has 3 nitrogen and oxygen atoms in total. The number of rotatable bonds is 2. The van der Waals surface area contributed by atoms with E-state index in [4.69, 9.17) is 9.57 Å². The van der Waals surface area contributed by atoms with Crippen LogP contribution in [0.15, 0.2) is 12.1 Å². The lowest BCUT2D eigenvalue weighted by Gasteiger charge is -2.39. The summed E-state index contributed by atoms with van der Waals surface area (Å²) in [5.41, 5.74) is 6.80. The Labute approximate surface area is 122 Å². The standard InChI is InChI=1S/C17H27NO2/c1-11-8-12(16(2,3)4)9-13-14(18-19-7)10-17(5,6)20-15(11)13/h8-9,14,18H,10H2,1-7H3. The van der Waals surface area contributed by atoms with E-state index >= 15 is 0 Å². The number of hydrogen-bond acceptors (Lipinski definition) is 3. The average Bonchev–Trinajstić information content (AvgIpc) is 2.28. The van der Waals surface area contributed by atoms with Gasteiger partial charge in [-0.2, -0.15) is 5.48 Å². The highest BCUT2D eigenvalue weighted by Gasteiger charge is 2.35. The second-order valence-electron chi connectivity index (χ2n) is 7.40. The normalized spacial score (nSPS) is 21.2. The maximum absolute atomic E-state index is 6.20. The van der Waals surface area contributed by atoms with E-state index in [1.807, 2.05) is 0 Å². The number of ether oxygens (including phenoxy) is 1. The van der Waals surface area contributed by atoms with Gasteiger partial charge in [-0.25, -0.2) is 0 Å². The molecule has 112 valence electrons. The summed E-state index contributed by atoms with van der Waals surface area (Å²) in [4.78, 5) is 5.19. The Hall–Kier alpha value is -1.06. The highest BCUT2D eigenvalue weighted by molar-refractivity contribution is 5.49. The van der Waals surface area contributed by atoms with Crippen LogP contribution in [0.1, 0.15) is 63.8 Å². The van der Waals surface area contributed by atoms with Crippen molar-refractivity contribution in [2.24, 2.45) is 0 Å². The van der Waals surface area contributed by atoms with Gasteiger partial charge in [0.2, 0.25) is 0 Å². The first-order chi connectivity index (χ1) is 9.14. The Kier molecular flexibility index (Phi) is 3.87. The molecule has 0 aliphatic carbocycles. The number of benzene rings is 1. The van der Waals surface area contributed by atoms with Crippen LogP contribution in [0.25, 0.3) is 0 Å². The quantitative estimate of drug-likeness (QED) is 0.827. The molecule has 0 saturated carbocycles. The van der Waals surface area contributed by atoms with Crippen molar-refractivity contribution in [3.63, 3.8) is 0 Å². The fourth-order valence-corrected chi connectivity index (χ4v) is 2.80. The summed E-state index contributed by atoms with van der Waals surface area (Å²) < 4.78 is 6.20. The molecule has 1 unspecified atom stereocenters. The fraction of sp³-hybridized carbons (Fsp3) is 0.647. The first-order valence-corrected chi connectivity index (χ1v) is 7.26. The van der Waals surface area contributed by atoms with E-state index in [-0.39, 0.29) is 17.1 Å². The van der Waals surface area contributed by atoms with Crippen molar-refractivity contribution in [2.45, 2.75) is 65.0 Å². The lowest BCUT2D eigenvalue weighted by atomic mass is 9.81. The molecule has 1 aliphatic heterocycles. The fourth-order valence-electron chi connectivity index (χ4n) is 2.80. The monoisotopic (exact) mass is 277 g/mol. The van der Waals surface area contributed by atoms with E-state index in [2.05, 4.69) is 59.2 Å². The third-order valence-electron chi connectivity index (χ3n) is 3.88. The Bertz CT molecular complexity index is 500. The smallest absolute Gasteiger partial charge is 0.127 e. The first-order valence-electron chi connectivity index (χ1n) is 7.26. The van der Waals surface area contributed by atoms with Crippen LogP contribution in [0.2, 0.25) is 0 Å². The van der Waals surface area contributed by atoms with E-state index < -0.39 is 0 Å². The lowest BCUT2D eigenvalue weighted by Crippen LogP contribution is -2.39. The maximum Gasteiger partial charge on any atom is 0.127 e. The van der Waals surface area contributed by atoms with E-state index in [1.54, 1.807) is 7.11 Å². The van der Waals surface area contributed by atoms with E-state index in [1.165, 1.54) is 16.7 Å². The van der Waals surface area contributed by atoms with Crippen LogP contribution in [0.3, 0.4) is 0 Å². The van der Waals surface area contributed by atoms with E-state index in [0.717, 1.165) is 12.2 Å². The van der Waals surface area contributed by atoms with Crippen molar-refractivity contribution < 1.29 is 9.57 Å². The Morgan fingerprint density at radius 1 is 1.30 bits per heavy atom. The largest absolute Gasteiger partial charge is 0.487 e. The Morgan fingerprint density at radius 2 is 1.95 bits per heavy atom. The number of hydroxylamine groups is 1. The SMILES string of the molecule is CONC1CC(C)(C)Oc2c(C)cc(C(C)(C)C)cc21. The van der Waals surface area contributed by atoms with Gasteiger partial charge < -0.3 is 9.57 Å². The van der Waals surface area contributed by atoms with Crippen LogP contribution in [-0.4, -0.2) is 12.7 Å². The molecular formula is C17H27NO2. The summed E-state index contributed by atoms with van der Waals surface area (Å²) in [5, 5.41) is 0. The van der Waals surface area contributed by atoms with Gasteiger partial charge >= 0.3 is 0 Å². The topological polar surface area (TPSA) is 30.5 Å². The van der Waals surface area contributed by atoms with Crippen LogP contribution in [-0.2, 0) is 10.3 Å². The zero-order chi connectivity index (χ0) is 15.1. The second-order valence-corrected chi connectivity index (χ2v) is 7.40. The predicted octanol–water partition coefficient (Wildman–Crippen LogP) is 4.05. The van der Waals surface area contributed by atoms with Crippen LogP contribution in [0, 0.1) is 6.92 Å². The van der Waals surface area contributed by atoms with Crippen LogP contribution >= 0.6 is 0 Å². The van der Waals surface area contributed by atoms with Gasteiger partial charge in [0.05, 0.1) is 13.2 Å². The van der Waals surface area contributed by atoms with Crippen molar-refractivity contribution in [1.82, 2.24) is 5.48 Å².